The molecule has 0 saturated carbocycles. The van der Waals surface area contributed by atoms with Gasteiger partial charge >= 0.3 is 12.1 Å². The van der Waals surface area contributed by atoms with Gasteiger partial charge in [-0.05, 0) is 47.4 Å². The molecule has 33 heavy (non-hydrogen) atoms. The molecule has 2 aromatic rings. The fourth-order valence-electron chi connectivity index (χ4n) is 4.15. The SMILES string of the molecule is CC(CCNC(=O)CCCNC(=O)OCC1c2ccccc2-c2ccccc21)CCC(=O)O. The van der Waals surface area contributed by atoms with Gasteiger partial charge in [-0.2, -0.15) is 0 Å². The number of rotatable bonds is 12. The molecule has 2 aromatic carbocycles. The van der Waals surface area contributed by atoms with Gasteiger partial charge in [0.05, 0.1) is 0 Å². The van der Waals surface area contributed by atoms with Gasteiger partial charge in [-0.3, -0.25) is 9.59 Å². The first-order chi connectivity index (χ1) is 16.0. The summed E-state index contributed by atoms with van der Waals surface area (Å²) >= 11 is 0. The van der Waals surface area contributed by atoms with Gasteiger partial charge in [0.1, 0.15) is 6.61 Å². The topological polar surface area (TPSA) is 105 Å². The summed E-state index contributed by atoms with van der Waals surface area (Å²) in [5.41, 5.74) is 4.70. The van der Waals surface area contributed by atoms with Crippen LogP contribution in [-0.4, -0.2) is 42.8 Å². The molecule has 1 aliphatic rings. The number of hydrogen-bond donors (Lipinski definition) is 3. The largest absolute Gasteiger partial charge is 0.481 e. The zero-order valence-electron chi connectivity index (χ0n) is 19.0. The minimum Gasteiger partial charge on any atom is -0.481 e. The fraction of sp³-hybridized carbons (Fsp3) is 0.423. The summed E-state index contributed by atoms with van der Waals surface area (Å²) < 4.78 is 5.49. The van der Waals surface area contributed by atoms with Crippen LogP contribution in [0.5, 0.6) is 0 Å². The second kappa shape index (κ2) is 12.0. The number of carboxylic acids is 1. The van der Waals surface area contributed by atoms with E-state index in [2.05, 4.69) is 34.9 Å². The number of hydrogen-bond acceptors (Lipinski definition) is 4. The molecular formula is C26H32N2O5. The molecule has 0 aliphatic heterocycles. The fourth-order valence-corrected chi connectivity index (χ4v) is 4.15. The summed E-state index contributed by atoms with van der Waals surface area (Å²) in [6.07, 6.45) is 1.85. The number of carbonyl (C=O) groups is 3. The number of aliphatic carboxylic acids is 1. The summed E-state index contributed by atoms with van der Waals surface area (Å²) in [7, 11) is 0. The molecule has 2 amide bonds. The van der Waals surface area contributed by atoms with Gasteiger partial charge in [-0.15, -0.1) is 0 Å². The molecule has 1 aliphatic carbocycles. The van der Waals surface area contributed by atoms with Crippen LogP contribution < -0.4 is 10.6 Å². The number of amides is 2. The van der Waals surface area contributed by atoms with Crippen LogP contribution in [0.15, 0.2) is 48.5 Å². The smallest absolute Gasteiger partial charge is 0.407 e. The molecule has 1 atom stereocenters. The molecule has 3 rings (SSSR count). The molecular weight excluding hydrogens is 420 g/mol. The summed E-state index contributed by atoms with van der Waals surface area (Å²) in [4.78, 5) is 34.6. The Labute approximate surface area is 194 Å². The lowest BCUT2D eigenvalue weighted by Gasteiger charge is -2.14. The lowest BCUT2D eigenvalue weighted by Crippen LogP contribution is -2.29. The summed E-state index contributed by atoms with van der Waals surface area (Å²) in [5.74, 6) is -0.604. The van der Waals surface area contributed by atoms with Gasteiger partial charge in [0.15, 0.2) is 0 Å². The number of carboxylic acid groups (broad SMARTS) is 1. The van der Waals surface area contributed by atoms with Gasteiger partial charge in [-0.1, -0.05) is 55.5 Å². The predicted molar refractivity (Wildman–Crippen MR) is 126 cm³/mol. The Hall–Kier alpha value is -3.35. The van der Waals surface area contributed by atoms with Crippen LogP contribution >= 0.6 is 0 Å². The Morgan fingerprint density at radius 3 is 2.18 bits per heavy atom. The van der Waals surface area contributed by atoms with Crippen molar-refractivity contribution in [2.45, 2.75) is 44.9 Å². The number of nitrogens with one attached hydrogen (secondary N) is 2. The van der Waals surface area contributed by atoms with Crippen molar-refractivity contribution >= 4 is 18.0 Å². The monoisotopic (exact) mass is 452 g/mol. The Bertz CT molecular complexity index is 929. The van der Waals surface area contributed by atoms with Crippen molar-refractivity contribution in [3.63, 3.8) is 0 Å². The minimum absolute atomic E-state index is 0.0202. The van der Waals surface area contributed by atoms with E-state index in [1.807, 2.05) is 31.2 Å². The van der Waals surface area contributed by atoms with E-state index in [-0.39, 0.29) is 30.8 Å². The molecule has 0 spiro atoms. The second-order valence-corrected chi connectivity index (χ2v) is 8.53. The molecule has 0 bridgehead atoms. The Morgan fingerprint density at radius 2 is 1.55 bits per heavy atom. The van der Waals surface area contributed by atoms with Crippen LogP contribution in [0.4, 0.5) is 4.79 Å². The van der Waals surface area contributed by atoms with Crippen molar-refractivity contribution in [3.8, 4) is 11.1 Å². The number of benzene rings is 2. The number of ether oxygens (including phenoxy) is 1. The summed E-state index contributed by atoms with van der Waals surface area (Å²) in [5, 5.41) is 14.2. The van der Waals surface area contributed by atoms with E-state index < -0.39 is 12.1 Å². The van der Waals surface area contributed by atoms with Gasteiger partial charge < -0.3 is 20.5 Å². The van der Waals surface area contributed by atoms with E-state index in [0.29, 0.717) is 32.4 Å². The first-order valence-electron chi connectivity index (χ1n) is 11.5. The van der Waals surface area contributed by atoms with E-state index in [4.69, 9.17) is 9.84 Å². The first-order valence-corrected chi connectivity index (χ1v) is 11.5. The molecule has 176 valence electrons. The lowest BCUT2D eigenvalue weighted by molar-refractivity contribution is -0.137. The van der Waals surface area contributed by atoms with Crippen molar-refractivity contribution in [2.24, 2.45) is 5.92 Å². The quantitative estimate of drug-likeness (QED) is 0.416. The van der Waals surface area contributed by atoms with E-state index in [0.717, 1.165) is 6.42 Å². The third-order valence-electron chi connectivity index (χ3n) is 6.00. The van der Waals surface area contributed by atoms with Crippen molar-refractivity contribution in [1.29, 1.82) is 0 Å². The summed E-state index contributed by atoms with van der Waals surface area (Å²) in [6.45, 7) is 3.13. The van der Waals surface area contributed by atoms with E-state index in [1.54, 1.807) is 0 Å². The van der Waals surface area contributed by atoms with E-state index in [9.17, 15) is 14.4 Å². The predicted octanol–water partition coefficient (Wildman–Crippen LogP) is 4.31. The maximum Gasteiger partial charge on any atom is 0.407 e. The van der Waals surface area contributed by atoms with Gasteiger partial charge in [0.2, 0.25) is 5.91 Å². The maximum atomic E-state index is 12.1. The van der Waals surface area contributed by atoms with Crippen molar-refractivity contribution in [3.05, 3.63) is 59.7 Å². The third kappa shape index (κ3) is 7.07. The number of alkyl carbamates (subject to hydrolysis) is 1. The van der Waals surface area contributed by atoms with Crippen LogP contribution in [0.2, 0.25) is 0 Å². The highest BCUT2D eigenvalue weighted by atomic mass is 16.5. The molecule has 0 fully saturated rings. The van der Waals surface area contributed by atoms with Gasteiger partial charge in [-0.25, -0.2) is 4.79 Å². The minimum atomic E-state index is -0.796. The van der Waals surface area contributed by atoms with Crippen molar-refractivity contribution < 1.29 is 24.2 Å². The van der Waals surface area contributed by atoms with Crippen molar-refractivity contribution in [2.75, 3.05) is 19.7 Å². The van der Waals surface area contributed by atoms with Crippen LogP contribution in [-0.2, 0) is 14.3 Å². The first kappa shape index (κ1) is 24.3. The molecule has 7 heteroatoms. The van der Waals surface area contributed by atoms with Crippen LogP contribution in [0, 0.1) is 5.92 Å². The molecule has 0 heterocycles. The zero-order valence-corrected chi connectivity index (χ0v) is 19.0. The lowest BCUT2D eigenvalue weighted by atomic mass is 9.98. The number of fused-ring (bicyclic) bond motifs is 3. The zero-order chi connectivity index (χ0) is 23.6. The Kier molecular flexibility index (Phi) is 8.87. The van der Waals surface area contributed by atoms with Gasteiger partial charge in [0.25, 0.3) is 0 Å². The van der Waals surface area contributed by atoms with E-state index in [1.165, 1.54) is 22.3 Å². The van der Waals surface area contributed by atoms with Crippen LogP contribution in [0.25, 0.3) is 11.1 Å². The molecule has 1 unspecified atom stereocenters. The molecule has 0 saturated heterocycles. The maximum absolute atomic E-state index is 12.1. The normalized spacial score (nSPS) is 13.0. The van der Waals surface area contributed by atoms with Crippen molar-refractivity contribution in [1.82, 2.24) is 10.6 Å². The standard InChI is InChI=1S/C26H32N2O5/c1-18(12-13-25(30)31)14-16-27-24(29)11-6-15-28-26(32)33-17-23-21-9-4-2-7-19(21)20-8-3-5-10-22(20)23/h2-5,7-10,18,23H,6,11-17H2,1H3,(H,27,29)(H,28,32)(H,30,31). The highest BCUT2D eigenvalue weighted by Crippen LogP contribution is 2.44. The molecule has 0 radical (unpaired) electrons. The highest BCUT2D eigenvalue weighted by Gasteiger charge is 2.28. The van der Waals surface area contributed by atoms with E-state index >= 15 is 0 Å². The average Bonchev–Trinajstić information content (AvgIpc) is 3.13. The Morgan fingerprint density at radius 1 is 0.909 bits per heavy atom. The van der Waals surface area contributed by atoms with Gasteiger partial charge in [0, 0.05) is 31.8 Å². The molecule has 3 N–H and O–H groups in total. The van der Waals surface area contributed by atoms with Crippen LogP contribution in [0.1, 0.15) is 56.1 Å². The Balaban J connectivity index is 1.32. The highest BCUT2D eigenvalue weighted by molar-refractivity contribution is 5.79. The second-order valence-electron chi connectivity index (χ2n) is 8.53. The average molecular weight is 453 g/mol. The number of carbonyl (C=O) groups excluding carboxylic acids is 2. The molecule has 0 aromatic heterocycles. The molecule has 7 nitrogen and oxygen atoms in total. The van der Waals surface area contributed by atoms with Crippen LogP contribution in [0.3, 0.4) is 0 Å². The third-order valence-corrected chi connectivity index (χ3v) is 6.00. The summed E-state index contributed by atoms with van der Waals surface area (Å²) in [6, 6.07) is 16.4.